The van der Waals surface area contributed by atoms with Crippen molar-refractivity contribution in [3.8, 4) is 0 Å². The first kappa shape index (κ1) is 14.4. The molecule has 0 aromatic heterocycles. The zero-order valence-electron chi connectivity index (χ0n) is 11.0. The van der Waals surface area contributed by atoms with E-state index in [1.54, 1.807) is 0 Å². The quantitative estimate of drug-likeness (QED) is 0.635. The van der Waals surface area contributed by atoms with Crippen LogP contribution in [-0.4, -0.2) is 67.7 Å². The second kappa shape index (κ2) is 7.63. The van der Waals surface area contributed by atoms with Crippen molar-refractivity contribution in [3.05, 3.63) is 0 Å². The smallest absolute Gasteiger partial charge is 0.231 e. The summed E-state index contributed by atoms with van der Waals surface area (Å²) in [6.07, 6.45) is 1.10. The molecule has 100 valence electrons. The maximum absolute atomic E-state index is 10.9. The molecule has 0 aliphatic carbocycles. The highest BCUT2D eigenvalue weighted by Crippen LogP contribution is 2.12. The van der Waals surface area contributed by atoms with Gasteiger partial charge in [0.2, 0.25) is 5.91 Å². The molecule has 0 bridgehead atoms. The summed E-state index contributed by atoms with van der Waals surface area (Å²) in [5.41, 5.74) is 5.23. The van der Waals surface area contributed by atoms with E-state index in [1.165, 1.54) is 0 Å². The second-order valence-electron chi connectivity index (χ2n) is 4.50. The lowest BCUT2D eigenvalue weighted by molar-refractivity contribution is -0.119. The Morgan fingerprint density at radius 3 is 2.76 bits per heavy atom. The Kier molecular flexibility index (Phi) is 6.47. The molecule has 0 unspecified atom stereocenters. The van der Waals surface area contributed by atoms with Gasteiger partial charge in [0.05, 0.1) is 13.2 Å². The molecule has 0 spiro atoms. The monoisotopic (exact) mass is 243 g/mol. The summed E-state index contributed by atoms with van der Waals surface area (Å²) in [5.74, 6) is -0.234. The zero-order chi connectivity index (χ0) is 12.7. The number of primary amides is 1. The van der Waals surface area contributed by atoms with Crippen LogP contribution in [0.2, 0.25) is 0 Å². The first-order valence-corrected chi connectivity index (χ1v) is 6.49. The fraction of sp³-hybridized carbons (Fsp3) is 0.917. The van der Waals surface area contributed by atoms with E-state index in [1.807, 2.05) is 6.92 Å². The predicted octanol–water partition coefficient (Wildman–Crippen LogP) is -0.0956. The van der Waals surface area contributed by atoms with E-state index in [9.17, 15) is 4.79 Å². The van der Waals surface area contributed by atoms with Gasteiger partial charge in [-0.2, -0.15) is 0 Å². The summed E-state index contributed by atoms with van der Waals surface area (Å²) in [6.45, 7) is 10.00. The molecule has 1 aliphatic heterocycles. The Morgan fingerprint density at radius 1 is 1.41 bits per heavy atom. The molecule has 0 aromatic carbocycles. The van der Waals surface area contributed by atoms with Gasteiger partial charge in [0.15, 0.2) is 0 Å². The van der Waals surface area contributed by atoms with Gasteiger partial charge in [-0.3, -0.25) is 14.6 Å². The zero-order valence-corrected chi connectivity index (χ0v) is 11.0. The molecule has 5 heteroatoms. The first-order chi connectivity index (χ1) is 8.17. The average molecular weight is 243 g/mol. The van der Waals surface area contributed by atoms with Crippen LogP contribution in [0.15, 0.2) is 0 Å². The Bertz CT molecular complexity index is 236. The number of piperazine rings is 1. The number of carbonyl (C=O) groups is 1. The summed E-state index contributed by atoms with van der Waals surface area (Å²) in [4.78, 5) is 15.5. The van der Waals surface area contributed by atoms with Crippen LogP contribution in [0.3, 0.4) is 0 Å². The molecule has 17 heavy (non-hydrogen) atoms. The molecular weight excluding hydrogens is 218 g/mol. The Hall–Kier alpha value is -0.650. The number of nitrogens with zero attached hydrogens (tertiary/aromatic N) is 2. The molecule has 1 fully saturated rings. The molecule has 2 N–H and O–H groups in total. The van der Waals surface area contributed by atoms with Crippen molar-refractivity contribution in [1.82, 2.24) is 9.80 Å². The summed E-state index contributed by atoms with van der Waals surface area (Å²) >= 11 is 0. The van der Waals surface area contributed by atoms with Crippen molar-refractivity contribution < 1.29 is 9.53 Å². The first-order valence-electron chi connectivity index (χ1n) is 6.49. The number of hydrogen-bond acceptors (Lipinski definition) is 4. The third-order valence-electron chi connectivity index (χ3n) is 3.27. The molecule has 0 aromatic rings. The highest BCUT2D eigenvalue weighted by Gasteiger charge is 2.25. The molecule has 1 rings (SSSR count). The number of amides is 1. The number of rotatable bonds is 7. The lowest BCUT2D eigenvalue weighted by atomic mass is 10.1. The molecule has 1 aliphatic rings. The second-order valence-corrected chi connectivity index (χ2v) is 4.50. The number of carbonyl (C=O) groups excluding carboxylic acids is 1. The van der Waals surface area contributed by atoms with Crippen molar-refractivity contribution in [3.63, 3.8) is 0 Å². The summed E-state index contributed by atoms with van der Waals surface area (Å²) in [5, 5.41) is 0. The predicted molar refractivity (Wildman–Crippen MR) is 67.8 cm³/mol. The normalized spacial score (nSPS) is 22.8. The van der Waals surface area contributed by atoms with E-state index in [0.29, 0.717) is 12.6 Å². The molecule has 1 heterocycles. The third kappa shape index (κ3) is 5.02. The molecule has 1 atom stereocenters. The van der Waals surface area contributed by atoms with Gasteiger partial charge in [0.25, 0.3) is 0 Å². The molecule has 5 nitrogen and oxygen atoms in total. The fourth-order valence-corrected chi connectivity index (χ4v) is 2.33. The molecule has 1 saturated heterocycles. The number of hydrogen-bond donors (Lipinski definition) is 1. The lowest BCUT2D eigenvalue weighted by Crippen LogP contribution is -2.55. The van der Waals surface area contributed by atoms with Gasteiger partial charge in [-0.25, -0.2) is 0 Å². The number of nitrogens with two attached hydrogens (primary N) is 1. The average Bonchev–Trinajstić information content (AvgIpc) is 2.30. The van der Waals surface area contributed by atoms with E-state index in [2.05, 4.69) is 16.7 Å². The SMILES string of the molecule is CCOCCN1CCN(CC(N)=O)C[C@@H]1CC. The Labute approximate surface area is 104 Å². The topological polar surface area (TPSA) is 58.8 Å². The highest BCUT2D eigenvalue weighted by molar-refractivity contribution is 5.75. The third-order valence-corrected chi connectivity index (χ3v) is 3.27. The van der Waals surface area contributed by atoms with Gasteiger partial charge in [0.1, 0.15) is 0 Å². The van der Waals surface area contributed by atoms with Crippen molar-refractivity contribution in [2.24, 2.45) is 5.73 Å². The summed E-state index contributed by atoms with van der Waals surface area (Å²) in [7, 11) is 0. The van der Waals surface area contributed by atoms with Crippen LogP contribution >= 0.6 is 0 Å². The van der Waals surface area contributed by atoms with E-state index in [0.717, 1.165) is 45.8 Å². The van der Waals surface area contributed by atoms with Gasteiger partial charge >= 0.3 is 0 Å². The largest absolute Gasteiger partial charge is 0.380 e. The maximum atomic E-state index is 10.9. The van der Waals surface area contributed by atoms with Crippen LogP contribution < -0.4 is 5.73 Å². The van der Waals surface area contributed by atoms with Gasteiger partial charge in [-0.05, 0) is 13.3 Å². The highest BCUT2D eigenvalue weighted by atomic mass is 16.5. The van der Waals surface area contributed by atoms with E-state index >= 15 is 0 Å². The van der Waals surface area contributed by atoms with Crippen molar-refractivity contribution in [1.29, 1.82) is 0 Å². The van der Waals surface area contributed by atoms with E-state index in [-0.39, 0.29) is 5.91 Å². The van der Waals surface area contributed by atoms with Crippen LogP contribution in [0.25, 0.3) is 0 Å². The standard InChI is InChI=1S/C12H25N3O2/c1-3-11-9-14(10-12(13)16)5-6-15(11)7-8-17-4-2/h11H,3-10H2,1-2H3,(H2,13,16)/t11-/m0/s1. The van der Waals surface area contributed by atoms with E-state index < -0.39 is 0 Å². The summed E-state index contributed by atoms with van der Waals surface area (Å²) < 4.78 is 5.39. The van der Waals surface area contributed by atoms with Crippen molar-refractivity contribution >= 4 is 5.91 Å². The minimum Gasteiger partial charge on any atom is -0.380 e. The van der Waals surface area contributed by atoms with Gasteiger partial charge in [0, 0.05) is 38.8 Å². The van der Waals surface area contributed by atoms with Crippen LogP contribution in [0.5, 0.6) is 0 Å². The van der Waals surface area contributed by atoms with Gasteiger partial charge < -0.3 is 10.5 Å². The van der Waals surface area contributed by atoms with Crippen LogP contribution in [0.1, 0.15) is 20.3 Å². The van der Waals surface area contributed by atoms with Crippen LogP contribution in [-0.2, 0) is 9.53 Å². The van der Waals surface area contributed by atoms with Crippen molar-refractivity contribution in [2.45, 2.75) is 26.3 Å². The molecule has 0 radical (unpaired) electrons. The Balaban J connectivity index is 2.35. The van der Waals surface area contributed by atoms with E-state index in [4.69, 9.17) is 10.5 Å². The maximum Gasteiger partial charge on any atom is 0.231 e. The number of ether oxygens (including phenoxy) is 1. The Morgan fingerprint density at radius 2 is 2.18 bits per heavy atom. The van der Waals surface area contributed by atoms with Crippen LogP contribution in [0, 0.1) is 0 Å². The van der Waals surface area contributed by atoms with Gasteiger partial charge in [-0.1, -0.05) is 6.92 Å². The molecule has 1 amide bonds. The fourth-order valence-electron chi connectivity index (χ4n) is 2.33. The molecule has 0 saturated carbocycles. The molecular formula is C12H25N3O2. The summed E-state index contributed by atoms with van der Waals surface area (Å²) in [6, 6.07) is 0.517. The van der Waals surface area contributed by atoms with Crippen LogP contribution in [0.4, 0.5) is 0 Å². The lowest BCUT2D eigenvalue weighted by Gasteiger charge is -2.40. The van der Waals surface area contributed by atoms with Crippen molar-refractivity contribution in [2.75, 3.05) is 45.9 Å². The minimum absolute atomic E-state index is 0.234. The van der Waals surface area contributed by atoms with Gasteiger partial charge in [-0.15, -0.1) is 0 Å². The minimum atomic E-state index is -0.234.